The number of aromatic nitrogens is 2. The molecule has 1 aromatic heterocycles. The molecule has 0 amide bonds. The number of hydrogen-bond acceptors (Lipinski definition) is 5. The van der Waals surface area contributed by atoms with Crippen molar-refractivity contribution < 1.29 is 26.9 Å². The minimum atomic E-state index is -4.85. The fourth-order valence-electron chi connectivity index (χ4n) is 3.77. The van der Waals surface area contributed by atoms with Crippen molar-refractivity contribution in [2.24, 2.45) is 0 Å². The van der Waals surface area contributed by atoms with E-state index < -0.39 is 43.9 Å². The molecule has 0 aliphatic carbocycles. The van der Waals surface area contributed by atoms with E-state index in [2.05, 4.69) is 9.97 Å². The minimum absolute atomic E-state index is 0.0950. The smallest absolute Gasteiger partial charge is 0.416 e. The van der Waals surface area contributed by atoms with Crippen LogP contribution < -0.4 is 4.74 Å². The summed E-state index contributed by atoms with van der Waals surface area (Å²) >= 11 is 6.27. The van der Waals surface area contributed by atoms with Crippen LogP contribution in [-0.4, -0.2) is 20.0 Å². The van der Waals surface area contributed by atoms with Gasteiger partial charge in [0.2, 0.25) is 5.78 Å². The molecule has 4 rings (SSSR count). The van der Waals surface area contributed by atoms with Crippen molar-refractivity contribution in [2.45, 2.75) is 36.6 Å². The molecule has 5 nitrogen and oxygen atoms in total. The van der Waals surface area contributed by atoms with Crippen molar-refractivity contribution in [3.8, 4) is 5.75 Å². The maximum atomic E-state index is 14.1. The number of carbonyl (C=O) groups is 1. The Morgan fingerprint density at radius 2 is 1.76 bits per heavy atom. The van der Waals surface area contributed by atoms with Gasteiger partial charge in [-0.1, -0.05) is 41.9 Å². The fourth-order valence-corrected chi connectivity index (χ4v) is 5.67. The number of fused-ring (bicyclic) bond motifs is 1. The molecule has 10 heteroatoms. The summed E-state index contributed by atoms with van der Waals surface area (Å²) in [7, 11) is -2.13. The molecule has 1 aliphatic heterocycles. The lowest BCUT2D eigenvalue weighted by Crippen LogP contribution is -2.41. The number of halogens is 4. The molecular formula is C23H18ClF3N2O3S. The van der Waals surface area contributed by atoms with E-state index in [1.807, 2.05) is 0 Å². The third-order valence-corrected chi connectivity index (χ3v) is 7.77. The van der Waals surface area contributed by atoms with Crippen LogP contribution in [0.3, 0.4) is 0 Å². The summed E-state index contributed by atoms with van der Waals surface area (Å²) < 4.78 is 60.3. The Balaban J connectivity index is 1.93. The molecule has 0 spiro atoms. The lowest BCUT2D eigenvalue weighted by Gasteiger charge is -2.35. The summed E-state index contributed by atoms with van der Waals surface area (Å²) in [4.78, 5) is 21.5. The van der Waals surface area contributed by atoms with Gasteiger partial charge in [-0.15, -0.1) is 0 Å². The number of benzene rings is 2. The Hall–Kier alpha value is -2.78. The number of alkyl halides is 3. The molecule has 0 radical (unpaired) electrons. The molecule has 172 valence electrons. The molecule has 0 saturated heterocycles. The molecule has 0 bridgehead atoms. The predicted molar refractivity (Wildman–Crippen MR) is 117 cm³/mol. The summed E-state index contributed by atoms with van der Waals surface area (Å²) in [5, 5.41) is -1.81. The second kappa shape index (κ2) is 8.53. The van der Waals surface area contributed by atoms with Gasteiger partial charge in [0.25, 0.3) is 0 Å². The lowest BCUT2D eigenvalue weighted by molar-refractivity contribution is -0.138. The minimum Gasteiger partial charge on any atom is -0.487 e. The zero-order valence-electron chi connectivity index (χ0n) is 17.5. The Bertz CT molecular complexity index is 1250. The number of hydrogen-bond donors (Lipinski definition) is 0. The molecule has 2 atom stereocenters. The summed E-state index contributed by atoms with van der Waals surface area (Å²) in [5.41, 5.74) is -0.950. The Kier molecular flexibility index (Phi) is 6.05. The standard InChI is InChI=1S/C23H18ClF3N2O3S/c1-22(2)21-17(28-10-11-29-21)18(30)20(33(22)31)16-14(23(25,26)27)8-9-15(24)19(16)32-12-13-6-4-3-5-7-13/h3-11,20H,12H2,1-2H3. The number of carbonyl (C=O) groups excluding carboxylic acids is 1. The first-order valence-electron chi connectivity index (χ1n) is 9.86. The van der Waals surface area contributed by atoms with Gasteiger partial charge >= 0.3 is 6.18 Å². The highest BCUT2D eigenvalue weighted by Crippen LogP contribution is 2.50. The van der Waals surface area contributed by atoms with Crippen molar-refractivity contribution >= 4 is 28.2 Å². The normalized spacial score (nSPS) is 19.8. The molecule has 0 fully saturated rings. The Morgan fingerprint density at radius 1 is 1.09 bits per heavy atom. The molecule has 2 heterocycles. The predicted octanol–water partition coefficient (Wildman–Crippen LogP) is 5.65. The van der Waals surface area contributed by atoms with Gasteiger partial charge in [0.05, 0.1) is 21.0 Å². The third kappa shape index (κ3) is 4.15. The van der Waals surface area contributed by atoms with E-state index in [9.17, 15) is 22.2 Å². The van der Waals surface area contributed by atoms with Gasteiger partial charge in [0.15, 0.2) is 0 Å². The van der Waals surface area contributed by atoms with Gasteiger partial charge in [-0.05, 0) is 31.5 Å². The molecule has 0 saturated carbocycles. The van der Waals surface area contributed by atoms with Crippen molar-refractivity contribution in [3.63, 3.8) is 0 Å². The van der Waals surface area contributed by atoms with Gasteiger partial charge in [-0.25, -0.2) is 4.98 Å². The quantitative estimate of drug-likeness (QED) is 0.469. The molecule has 2 aromatic carbocycles. The maximum Gasteiger partial charge on any atom is 0.416 e. The van der Waals surface area contributed by atoms with Crippen LogP contribution in [0.1, 0.15) is 52.0 Å². The van der Waals surface area contributed by atoms with E-state index in [-0.39, 0.29) is 28.8 Å². The van der Waals surface area contributed by atoms with E-state index >= 15 is 0 Å². The monoisotopic (exact) mass is 494 g/mol. The van der Waals surface area contributed by atoms with Gasteiger partial charge in [0.1, 0.15) is 23.3 Å². The molecule has 0 N–H and O–H groups in total. The van der Waals surface area contributed by atoms with Gasteiger partial charge < -0.3 is 4.74 Å². The first kappa shape index (κ1) is 23.4. The maximum absolute atomic E-state index is 14.1. The van der Waals surface area contributed by atoms with Crippen molar-refractivity contribution in [1.29, 1.82) is 0 Å². The lowest BCUT2D eigenvalue weighted by atomic mass is 9.95. The van der Waals surface area contributed by atoms with Gasteiger partial charge in [0, 0.05) is 28.8 Å². The van der Waals surface area contributed by atoms with Crippen LogP contribution in [0.2, 0.25) is 5.02 Å². The molecule has 1 aliphatic rings. The number of Topliss-reactive ketones (excluding diaryl/α,β-unsaturated/α-hetero) is 1. The van der Waals surface area contributed by atoms with Crippen molar-refractivity contribution in [2.75, 3.05) is 0 Å². The first-order chi connectivity index (χ1) is 15.5. The highest BCUT2D eigenvalue weighted by atomic mass is 35.5. The van der Waals surface area contributed by atoms with Crippen LogP contribution in [0.4, 0.5) is 13.2 Å². The van der Waals surface area contributed by atoms with Crippen molar-refractivity contribution in [1.82, 2.24) is 9.97 Å². The highest BCUT2D eigenvalue weighted by molar-refractivity contribution is 7.87. The number of ether oxygens (including phenoxy) is 1. The van der Waals surface area contributed by atoms with Crippen LogP contribution in [-0.2, 0) is 28.3 Å². The summed E-state index contributed by atoms with van der Waals surface area (Å²) in [6.07, 6.45) is -2.23. The molecule has 33 heavy (non-hydrogen) atoms. The summed E-state index contributed by atoms with van der Waals surface area (Å²) in [6, 6.07) is 10.6. The molecule has 2 unspecified atom stereocenters. The average molecular weight is 495 g/mol. The van der Waals surface area contributed by atoms with Crippen LogP contribution in [0.15, 0.2) is 54.9 Å². The third-order valence-electron chi connectivity index (χ3n) is 5.40. The largest absolute Gasteiger partial charge is 0.487 e. The fraction of sp³-hybridized carbons (Fsp3) is 0.261. The van der Waals surface area contributed by atoms with E-state index in [0.717, 1.165) is 12.1 Å². The van der Waals surface area contributed by atoms with E-state index in [1.54, 1.807) is 44.2 Å². The van der Waals surface area contributed by atoms with E-state index in [1.165, 1.54) is 12.4 Å². The van der Waals surface area contributed by atoms with Gasteiger partial charge in [-0.3, -0.25) is 14.0 Å². The van der Waals surface area contributed by atoms with Crippen LogP contribution >= 0.6 is 11.6 Å². The average Bonchev–Trinajstić information content (AvgIpc) is 2.77. The zero-order chi connectivity index (χ0) is 24.0. The number of ketones is 1. The van der Waals surface area contributed by atoms with Crippen LogP contribution in [0.5, 0.6) is 5.75 Å². The number of nitrogens with zero attached hydrogens (tertiary/aromatic N) is 2. The SMILES string of the molecule is CC1(C)c2nccnc2C(=O)C(c2c(C(F)(F)F)ccc(Cl)c2OCc2ccccc2)S1=O. The second-order valence-corrected chi connectivity index (χ2v) is 10.4. The molecule has 3 aromatic rings. The first-order valence-corrected chi connectivity index (χ1v) is 11.4. The highest BCUT2D eigenvalue weighted by Gasteiger charge is 2.51. The topological polar surface area (TPSA) is 69.2 Å². The molecular weight excluding hydrogens is 477 g/mol. The Labute approximate surface area is 195 Å². The Morgan fingerprint density at radius 3 is 2.42 bits per heavy atom. The van der Waals surface area contributed by atoms with Crippen molar-refractivity contribution in [3.05, 3.63) is 88.0 Å². The zero-order valence-corrected chi connectivity index (χ0v) is 19.1. The summed E-state index contributed by atoms with van der Waals surface area (Å²) in [5.74, 6) is -1.15. The summed E-state index contributed by atoms with van der Waals surface area (Å²) in [6.45, 7) is 3.01. The van der Waals surface area contributed by atoms with E-state index in [0.29, 0.717) is 5.56 Å². The second-order valence-electron chi connectivity index (χ2n) is 7.92. The van der Waals surface area contributed by atoms with Gasteiger partial charge in [-0.2, -0.15) is 13.2 Å². The number of rotatable bonds is 4. The van der Waals surface area contributed by atoms with Crippen LogP contribution in [0.25, 0.3) is 0 Å². The van der Waals surface area contributed by atoms with Crippen LogP contribution in [0, 0.1) is 0 Å². The van der Waals surface area contributed by atoms with E-state index in [4.69, 9.17) is 16.3 Å².